The highest BCUT2D eigenvalue weighted by Gasteiger charge is 2.15. The van der Waals surface area contributed by atoms with E-state index in [1.807, 2.05) is 42.5 Å². The van der Waals surface area contributed by atoms with Crippen LogP contribution in [0.25, 0.3) is 16.8 Å². The van der Waals surface area contributed by atoms with Crippen LogP contribution in [0.2, 0.25) is 0 Å². The van der Waals surface area contributed by atoms with E-state index in [1.54, 1.807) is 13.2 Å². The molecule has 160 valence electrons. The molecule has 1 saturated heterocycles. The molecule has 0 atom stereocenters. The van der Waals surface area contributed by atoms with Gasteiger partial charge in [0.2, 0.25) is 5.91 Å². The first-order valence-electron chi connectivity index (χ1n) is 10.7. The summed E-state index contributed by atoms with van der Waals surface area (Å²) >= 11 is 0. The highest BCUT2D eigenvalue weighted by atomic mass is 16.5. The first-order valence-corrected chi connectivity index (χ1v) is 10.7. The average molecular weight is 418 g/mol. The van der Waals surface area contributed by atoms with Gasteiger partial charge in [-0.05, 0) is 46.2 Å². The van der Waals surface area contributed by atoms with Gasteiger partial charge in [0.05, 0.1) is 20.3 Å². The predicted octanol–water partition coefficient (Wildman–Crippen LogP) is 2.59. The molecule has 3 aromatic rings. The topological polar surface area (TPSA) is 52.0 Å². The van der Waals surface area contributed by atoms with Gasteiger partial charge in [0.1, 0.15) is 25.4 Å². The molecule has 0 aromatic heterocycles. The fraction of sp³-hybridized carbons (Fsp3) is 0.269. The molecule has 0 saturated carbocycles. The van der Waals surface area contributed by atoms with Gasteiger partial charge in [-0.25, -0.2) is 0 Å². The maximum atomic E-state index is 12.4. The van der Waals surface area contributed by atoms with E-state index in [0.29, 0.717) is 6.54 Å². The van der Waals surface area contributed by atoms with E-state index in [9.17, 15) is 4.79 Å². The lowest BCUT2D eigenvalue weighted by Crippen LogP contribution is -3.12. The zero-order valence-electron chi connectivity index (χ0n) is 17.9. The third kappa shape index (κ3) is 5.72. The zero-order chi connectivity index (χ0) is 21.5. The van der Waals surface area contributed by atoms with Crippen LogP contribution in [0, 0.1) is 0 Å². The maximum absolute atomic E-state index is 12.4. The lowest BCUT2D eigenvalue weighted by atomic mass is 10.1. The van der Waals surface area contributed by atoms with E-state index in [-0.39, 0.29) is 5.91 Å². The molecule has 5 heteroatoms. The SMILES string of the molecule is COc1ccc2cc(/C=C/C(=O)NCc3ccccc3C[NH+]3CCOCC3)ccc2c1. The molecule has 5 nitrogen and oxygen atoms in total. The number of quaternary nitrogens is 1. The van der Waals surface area contributed by atoms with Crippen LogP contribution in [-0.4, -0.2) is 39.3 Å². The maximum Gasteiger partial charge on any atom is 0.244 e. The van der Waals surface area contributed by atoms with Crippen molar-refractivity contribution in [2.24, 2.45) is 0 Å². The van der Waals surface area contributed by atoms with Crippen LogP contribution in [0.1, 0.15) is 16.7 Å². The van der Waals surface area contributed by atoms with Crippen LogP contribution < -0.4 is 15.0 Å². The second kappa shape index (κ2) is 10.2. The molecular weight excluding hydrogens is 388 g/mol. The van der Waals surface area contributed by atoms with Crippen LogP contribution in [0.15, 0.2) is 66.7 Å². The largest absolute Gasteiger partial charge is 0.497 e. The quantitative estimate of drug-likeness (QED) is 0.581. The summed E-state index contributed by atoms with van der Waals surface area (Å²) < 4.78 is 10.7. The normalized spacial score (nSPS) is 14.7. The van der Waals surface area contributed by atoms with Crippen molar-refractivity contribution in [1.82, 2.24) is 5.32 Å². The molecule has 0 unspecified atom stereocenters. The summed E-state index contributed by atoms with van der Waals surface area (Å²) in [6.07, 6.45) is 3.45. The monoisotopic (exact) mass is 417 g/mol. The number of hydrogen-bond acceptors (Lipinski definition) is 3. The molecule has 0 spiro atoms. The number of ether oxygens (including phenoxy) is 2. The van der Waals surface area contributed by atoms with Crippen molar-refractivity contribution in [2.75, 3.05) is 33.4 Å². The predicted molar refractivity (Wildman–Crippen MR) is 123 cm³/mol. The Morgan fingerprint density at radius 3 is 2.58 bits per heavy atom. The minimum absolute atomic E-state index is 0.0941. The zero-order valence-corrected chi connectivity index (χ0v) is 17.9. The summed E-state index contributed by atoms with van der Waals surface area (Å²) in [6.45, 7) is 5.19. The molecule has 1 heterocycles. The second-order valence-corrected chi connectivity index (χ2v) is 7.83. The van der Waals surface area contributed by atoms with E-state index < -0.39 is 0 Å². The Morgan fingerprint density at radius 1 is 1.03 bits per heavy atom. The Balaban J connectivity index is 1.36. The van der Waals surface area contributed by atoms with E-state index >= 15 is 0 Å². The number of methoxy groups -OCH3 is 1. The lowest BCUT2D eigenvalue weighted by Gasteiger charge is -2.24. The van der Waals surface area contributed by atoms with Gasteiger partial charge in [-0.2, -0.15) is 0 Å². The highest BCUT2D eigenvalue weighted by molar-refractivity contribution is 5.93. The second-order valence-electron chi connectivity index (χ2n) is 7.83. The van der Waals surface area contributed by atoms with Crippen molar-refractivity contribution < 1.29 is 19.2 Å². The highest BCUT2D eigenvalue weighted by Crippen LogP contribution is 2.22. The van der Waals surface area contributed by atoms with Gasteiger partial charge in [-0.3, -0.25) is 4.79 Å². The molecule has 0 aliphatic carbocycles. The Morgan fingerprint density at radius 2 is 1.77 bits per heavy atom. The summed E-state index contributed by atoms with van der Waals surface area (Å²) in [5, 5.41) is 5.25. The van der Waals surface area contributed by atoms with Gasteiger partial charge in [0.25, 0.3) is 0 Å². The van der Waals surface area contributed by atoms with Crippen LogP contribution >= 0.6 is 0 Å². The molecule has 31 heavy (non-hydrogen) atoms. The van der Waals surface area contributed by atoms with Gasteiger partial charge >= 0.3 is 0 Å². The van der Waals surface area contributed by atoms with E-state index in [2.05, 4.69) is 29.6 Å². The van der Waals surface area contributed by atoms with Gasteiger partial charge in [-0.1, -0.05) is 42.5 Å². The van der Waals surface area contributed by atoms with Crippen molar-refractivity contribution in [1.29, 1.82) is 0 Å². The Labute approximate surface area is 183 Å². The van der Waals surface area contributed by atoms with E-state index in [4.69, 9.17) is 9.47 Å². The Kier molecular flexibility index (Phi) is 6.97. The third-order valence-electron chi connectivity index (χ3n) is 5.71. The molecule has 3 aromatic carbocycles. The molecule has 2 N–H and O–H groups in total. The minimum Gasteiger partial charge on any atom is -0.497 e. The number of carbonyl (C=O) groups excluding carboxylic acids is 1. The molecule has 1 aliphatic heterocycles. The number of carbonyl (C=O) groups is 1. The molecule has 0 bridgehead atoms. The first-order chi connectivity index (χ1) is 15.2. The number of benzene rings is 3. The van der Waals surface area contributed by atoms with Crippen LogP contribution in [0.5, 0.6) is 5.75 Å². The summed E-state index contributed by atoms with van der Waals surface area (Å²) in [6, 6.07) is 20.4. The summed E-state index contributed by atoms with van der Waals surface area (Å²) in [5.74, 6) is 0.744. The van der Waals surface area contributed by atoms with Crippen molar-refractivity contribution >= 4 is 22.8 Å². The number of fused-ring (bicyclic) bond motifs is 1. The fourth-order valence-corrected chi connectivity index (χ4v) is 3.89. The molecule has 1 aliphatic rings. The Hall–Kier alpha value is -3.15. The van der Waals surface area contributed by atoms with Crippen molar-refractivity contribution in [3.8, 4) is 5.75 Å². The minimum atomic E-state index is -0.0941. The molecule has 1 fully saturated rings. The smallest absolute Gasteiger partial charge is 0.244 e. The fourth-order valence-electron chi connectivity index (χ4n) is 3.89. The number of hydrogen-bond donors (Lipinski definition) is 2. The number of rotatable bonds is 7. The van der Waals surface area contributed by atoms with Crippen LogP contribution in [0.3, 0.4) is 0 Å². The number of amides is 1. The van der Waals surface area contributed by atoms with E-state index in [0.717, 1.165) is 54.9 Å². The number of nitrogens with one attached hydrogen (secondary N) is 2. The average Bonchev–Trinajstić information content (AvgIpc) is 2.82. The summed E-state index contributed by atoms with van der Waals surface area (Å²) in [7, 11) is 1.67. The summed E-state index contributed by atoms with van der Waals surface area (Å²) in [4.78, 5) is 13.9. The van der Waals surface area contributed by atoms with Gasteiger partial charge in [-0.15, -0.1) is 0 Å². The molecule has 1 amide bonds. The molecule has 0 radical (unpaired) electrons. The molecular formula is C26H29N2O3+. The standard InChI is InChI=1S/C26H28N2O3/c1-30-25-10-9-21-16-20(6-8-22(21)17-25)7-11-26(29)27-18-23-4-2-3-5-24(23)19-28-12-14-31-15-13-28/h2-11,16-17H,12-15,18-19H2,1H3,(H,27,29)/p+1/b11-7+. The summed E-state index contributed by atoms with van der Waals surface area (Å²) in [5.41, 5.74) is 3.45. The third-order valence-corrected chi connectivity index (χ3v) is 5.71. The van der Waals surface area contributed by atoms with Gasteiger partial charge in [0.15, 0.2) is 0 Å². The van der Waals surface area contributed by atoms with Crippen LogP contribution in [0.4, 0.5) is 0 Å². The van der Waals surface area contributed by atoms with Crippen molar-refractivity contribution in [3.63, 3.8) is 0 Å². The van der Waals surface area contributed by atoms with Gasteiger partial charge < -0.3 is 19.7 Å². The first kappa shape index (κ1) is 21.1. The Bertz CT molecular complexity index is 1070. The number of morpholine rings is 1. The van der Waals surface area contributed by atoms with Crippen molar-refractivity contribution in [2.45, 2.75) is 13.1 Å². The van der Waals surface area contributed by atoms with Gasteiger partial charge in [0, 0.05) is 18.2 Å². The van der Waals surface area contributed by atoms with Crippen LogP contribution in [-0.2, 0) is 22.6 Å². The lowest BCUT2D eigenvalue weighted by molar-refractivity contribution is -0.921. The van der Waals surface area contributed by atoms with Crippen molar-refractivity contribution in [3.05, 3.63) is 83.4 Å². The molecule has 4 rings (SSSR count). The van der Waals surface area contributed by atoms with E-state index in [1.165, 1.54) is 16.0 Å².